The van der Waals surface area contributed by atoms with Crippen molar-refractivity contribution >= 4 is 6.09 Å². The molecule has 1 unspecified atom stereocenters. The summed E-state index contributed by atoms with van der Waals surface area (Å²) in [7, 11) is 5.78. The lowest BCUT2D eigenvalue weighted by atomic mass is 9.87. The van der Waals surface area contributed by atoms with Crippen LogP contribution in [0.15, 0.2) is 24.3 Å². The molecule has 0 N–H and O–H groups in total. The molecule has 0 spiro atoms. The number of likely N-dealkylation sites (tertiary alicyclic amines) is 1. The molecule has 0 aliphatic carbocycles. The molecule has 0 radical (unpaired) electrons. The van der Waals surface area contributed by atoms with Gasteiger partial charge >= 0.3 is 6.09 Å². The molecule has 1 aliphatic heterocycles. The predicted molar refractivity (Wildman–Crippen MR) is 111 cm³/mol. The maximum absolute atomic E-state index is 12.9. The van der Waals surface area contributed by atoms with Crippen molar-refractivity contribution in [1.82, 2.24) is 9.80 Å². The van der Waals surface area contributed by atoms with E-state index in [1.165, 1.54) is 0 Å². The van der Waals surface area contributed by atoms with Crippen molar-refractivity contribution in [2.75, 3.05) is 40.9 Å². The topological polar surface area (TPSA) is 51.2 Å². The number of carbonyl (C=O) groups is 1. The minimum Gasteiger partial charge on any atom is -0.492 e. The van der Waals surface area contributed by atoms with Gasteiger partial charge in [0.2, 0.25) is 0 Å². The smallest absolute Gasteiger partial charge is 0.410 e. The number of benzene rings is 1. The predicted octanol–water partition coefficient (Wildman–Crippen LogP) is 3.96. The highest BCUT2D eigenvalue weighted by Gasteiger charge is 2.38. The zero-order valence-corrected chi connectivity index (χ0v) is 18.4. The SMILES string of the molecule is COC1C[C@H](c2cccc(OCCN(C)C)c2)N(C(=O)OC(C)(C)C)C[C@H]1C. The summed E-state index contributed by atoms with van der Waals surface area (Å²) in [5.74, 6) is 1.06. The first-order valence-corrected chi connectivity index (χ1v) is 10.0. The monoisotopic (exact) mass is 392 g/mol. The second kappa shape index (κ2) is 9.61. The molecule has 1 amide bonds. The van der Waals surface area contributed by atoms with Gasteiger partial charge in [-0.05, 0) is 59.0 Å². The molecule has 6 heteroatoms. The Morgan fingerprint density at radius 3 is 2.61 bits per heavy atom. The normalized spacial score (nSPS) is 23.0. The zero-order chi connectivity index (χ0) is 20.9. The number of hydrogen-bond acceptors (Lipinski definition) is 5. The fraction of sp³-hybridized carbons (Fsp3) is 0.682. The molecule has 0 aromatic heterocycles. The third-order valence-corrected chi connectivity index (χ3v) is 4.93. The minimum atomic E-state index is -0.528. The standard InChI is InChI=1S/C22H36N2O4/c1-16-15-24(21(25)28-22(2,3)4)19(14-20(16)26-7)17-9-8-10-18(13-17)27-12-11-23(5)6/h8-10,13,16,19-20H,11-12,14-15H2,1-7H3/t16-,19-,20?/m1/s1. The van der Waals surface area contributed by atoms with E-state index < -0.39 is 5.60 Å². The Morgan fingerprint density at radius 2 is 2.00 bits per heavy atom. The van der Waals surface area contributed by atoms with Gasteiger partial charge in [-0.1, -0.05) is 19.1 Å². The van der Waals surface area contributed by atoms with Crippen molar-refractivity contribution in [2.24, 2.45) is 5.92 Å². The maximum Gasteiger partial charge on any atom is 0.410 e. The van der Waals surface area contributed by atoms with Gasteiger partial charge in [0, 0.05) is 26.1 Å². The van der Waals surface area contributed by atoms with Crippen LogP contribution in [0.25, 0.3) is 0 Å². The van der Waals surface area contributed by atoms with Crippen LogP contribution in [0.3, 0.4) is 0 Å². The van der Waals surface area contributed by atoms with Crippen molar-refractivity contribution in [1.29, 1.82) is 0 Å². The summed E-state index contributed by atoms with van der Waals surface area (Å²) in [5.41, 5.74) is 0.516. The zero-order valence-electron chi connectivity index (χ0n) is 18.4. The average Bonchev–Trinajstić information content (AvgIpc) is 2.60. The summed E-state index contributed by atoms with van der Waals surface area (Å²) in [6, 6.07) is 7.90. The molecule has 0 bridgehead atoms. The number of piperidine rings is 1. The van der Waals surface area contributed by atoms with Crippen LogP contribution in [0.1, 0.15) is 45.7 Å². The number of nitrogens with zero attached hydrogens (tertiary/aromatic N) is 2. The van der Waals surface area contributed by atoms with Gasteiger partial charge in [-0.3, -0.25) is 0 Å². The molecule has 1 saturated heterocycles. The van der Waals surface area contributed by atoms with Crippen LogP contribution in [-0.2, 0) is 9.47 Å². The quantitative estimate of drug-likeness (QED) is 0.733. The number of rotatable bonds is 6. The molecule has 1 heterocycles. The van der Waals surface area contributed by atoms with Crippen molar-refractivity contribution in [3.05, 3.63) is 29.8 Å². The van der Waals surface area contributed by atoms with Gasteiger partial charge < -0.3 is 24.0 Å². The van der Waals surface area contributed by atoms with Crippen LogP contribution in [0, 0.1) is 5.92 Å². The summed E-state index contributed by atoms with van der Waals surface area (Å²) >= 11 is 0. The van der Waals surface area contributed by atoms with Crippen molar-refractivity contribution in [3.8, 4) is 5.75 Å². The van der Waals surface area contributed by atoms with Gasteiger partial charge in [0.05, 0.1) is 12.1 Å². The molecule has 3 atom stereocenters. The van der Waals surface area contributed by atoms with Gasteiger partial charge in [0.15, 0.2) is 0 Å². The van der Waals surface area contributed by atoms with E-state index in [2.05, 4.69) is 11.8 Å². The largest absolute Gasteiger partial charge is 0.492 e. The van der Waals surface area contributed by atoms with E-state index in [1.807, 2.05) is 64.0 Å². The highest BCUT2D eigenvalue weighted by atomic mass is 16.6. The van der Waals surface area contributed by atoms with E-state index in [9.17, 15) is 4.79 Å². The number of methoxy groups -OCH3 is 1. The van der Waals surface area contributed by atoms with E-state index in [1.54, 1.807) is 7.11 Å². The number of carbonyl (C=O) groups excluding carboxylic acids is 1. The number of likely N-dealkylation sites (N-methyl/N-ethyl adjacent to an activating group) is 1. The van der Waals surface area contributed by atoms with Crippen molar-refractivity contribution in [2.45, 2.75) is 51.9 Å². The number of ether oxygens (including phenoxy) is 3. The first-order valence-electron chi connectivity index (χ1n) is 10.0. The fourth-order valence-corrected chi connectivity index (χ4v) is 3.46. The highest BCUT2D eigenvalue weighted by Crippen LogP contribution is 2.36. The molecule has 0 saturated carbocycles. The van der Waals surface area contributed by atoms with Gasteiger partial charge in [-0.15, -0.1) is 0 Å². The Hall–Kier alpha value is -1.79. The Morgan fingerprint density at radius 1 is 1.29 bits per heavy atom. The average molecular weight is 393 g/mol. The van der Waals surface area contributed by atoms with Crippen molar-refractivity contribution in [3.63, 3.8) is 0 Å². The Balaban J connectivity index is 2.23. The Kier molecular flexibility index (Phi) is 7.72. The molecule has 2 rings (SSSR count). The first-order chi connectivity index (χ1) is 13.1. The maximum atomic E-state index is 12.9. The third kappa shape index (κ3) is 6.38. The van der Waals surface area contributed by atoms with Crippen LogP contribution in [-0.4, -0.2) is 68.5 Å². The van der Waals surface area contributed by atoms with Gasteiger partial charge in [-0.25, -0.2) is 4.79 Å². The molecule has 28 heavy (non-hydrogen) atoms. The Labute approximate surface area is 169 Å². The summed E-state index contributed by atoms with van der Waals surface area (Å²) in [5, 5.41) is 0. The van der Waals surface area contributed by atoms with E-state index in [0.717, 1.165) is 24.3 Å². The lowest BCUT2D eigenvalue weighted by molar-refractivity contribution is -0.0417. The number of hydrogen-bond donors (Lipinski definition) is 0. The molecule has 1 aromatic carbocycles. The molecular formula is C22H36N2O4. The molecular weight excluding hydrogens is 356 g/mol. The van der Waals surface area contributed by atoms with Crippen LogP contribution in [0.2, 0.25) is 0 Å². The summed E-state index contributed by atoms with van der Waals surface area (Å²) < 4.78 is 17.3. The van der Waals surface area contributed by atoms with Crippen LogP contribution in [0.5, 0.6) is 5.75 Å². The molecule has 1 fully saturated rings. The van der Waals surface area contributed by atoms with E-state index in [-0.39, 0.29) is 24.2 Å². The molecule has 1 aliphatic rings. The van der Waals surface area contributed by atoms with Gasteiger partial charge in [0.1, 0.15) is 18.0 Å². The van der Waals surface area contributed by atoms with E-state index >= 15 is 0 Å². The van der Waals surface area contributed by atoms with Crippen molar-refractivity contribution < 1.29 is 19.0 Å². The fourth-order valence-electron chi connectivity index (χ4n) is 3.46. The lowest BCUT2D eigenvalue weighted by Crippen LogP contribution is -2.49. The summed E-state index contributed by atoms with van der Waals surface area (Å²) in [6.45, 7) is 9.86. The second-order valence-electron chi connectivity index (χ2n) is 8.86. The Bertz CT molecular complexity index is 642. The highest BCUT2D eigenvalue weighted by molar-refractivity contribution is 5.69. The first kappa shape index (κ1) is 22.5. The van der Waals surface area contributed by atoms with E-state index in [4.69, 9.17) is 14.2 Å². The van der Waals surface area contributed by atoms with Crippen LogP contribution < -0.4 is 4.74 Å². The van der Waals surface area contributed by atoms with E-state index in [0.29, 0.717) is 13.2 Å². The van der Waals surface area contributed by atoms with Gasteiger partial charge in [-0.2, -0.15) is 0 Å². The third-order valence-electron chi connectivity index (χ3n) is 4.93. The number of amides is 1. The molecule has 6 nitrogen and oxygen atoms in total. The minimum absolute atomic E-state index is 0.0991. The molecule has 158 valence electrons. The van der Waals surface area contributed by atoms with Crippen LogP contribution >= 0.6 is 0 Å². The molecule has 1 aromatic rings. The van der Waals surface area contributed by atoms with Gasteiger partial charge in [0.25, 0.3) is 0 Å². The summed E-state index contributed by atoms with van der Waals surface area (Å²) in [6.07, 6.45) is 0.553. The summed E-state index contributed by atoms with van der Waals surface area (Å²) in [4.78, 5) is 16.8. The lowest BCUT2D eigenvalue weighted by Gasteiger charge is -2.43. The second-order valence-corrected chi connectivity index (χ2v) is 8.86. The van der Waals surface area contributed by atoms with Crippen LogP contribution in [0.4, 0.5) is 4.79 Å².